The average molecular weight is 200 g/mol. The molecule has 0 N–H and O–H groups in total. The molecule has 0 aliphatic carbocycles. The zero-order chi connectivity index (χ0) is 11.5. The number of benzene rings is 1. The van der Waals surface area contributed by atoms with Gasteiger partial charge in [0.25, 0.3) is 0 Å². The Morgan fingerprint density at radius 3 is 2.27 bits per heavy atom. The van der Waals surface area contributed by atoms with Crippen LogP contribution in [0.1, 0.15) is 33.3 Å². The second kappa shape index (κ2) is 4.48. The summed E-state index contributed by atoms with van der Waals surface area (Å²) in [7, 11) is 0. The van der Waals surface area contributed by atoms with Crippen LogP contribution in [0.25, 0.3) is 12.2 Å². The molecule has 1 aromatic rings. The standard InChI is InChI=1S/C15H20/c1-6-8-13-9-10-14(15(3,4)5)11-12(13)7-2/h6-11H,1H2,2-5H3/b12-7-,13-8-. The average Bonchev–Trinajstić information content (AvgIpc) is 2.17. The highest BCUT2D eigenvalue weighted by atomic mass is 14.2. The van der Waals surface area contributed by atoms with E-state index in [0.717, 1.165) is 0 Å². The summed E-state index contributed by atoms with van der Waals surface area (Å²) in [6, 6.07) is 6.62. The van der Waals surface area contributed by atoms with Gasteiger partial charge in [0.2, 0.25) is 0 Å². The minimum atomic E-state index is 0.213. The van der Waals surface area contributed by atoms with Gasteiger partial charge < -0.3 is 0 Å². The van der Waals surface area contributed by atoms with Crippen molar-refractivity contribution in [2.75, 3.05) is 0 Å². The normalized spacial score (nSPS) is 14.4. The molecule has 0 heterocycles. The fraction of sp³-hybridized carbons (Fsp3) is 0.333. The highest BCUT2D eigenvalue weighted by Crippen LogP contribution is 2.19. The van der Waals surface area contributed by atoms with Crippen LogP contribution in [0, 0.1) is 0 Å². The molecular formula is C15H20. The van der Waals surface area contributed by atoms with Crippen LogP contribution in [-0.4, -0.2) is 0 Å². The maximum atomic E-state index is 3.73. The van der Waals surface area contributed by atoms with Crippen molar-refractivity contribution in [3.8, 4) is 0 Å². The topological polar surface area (TPSA) is 0 Å². The van der Waals surface area contributed by atoms with Crippen molar-refractivity contribution in [2.45, 2.75) is 33.1 Å². The summed E-state index contributed by atoms with van der Waals surface area (Å²) < 4.78 is 0. The fourth-order valence-electron chi connectivity index (χ4n) is 1.57. The Bertz CT molecular complexity index is 456. The van der Waals surface area contributed by atoms with Gasteiger partial charge in [-0.15, -0.1) is 0 Å². The first-order valence-electron chi connectivity index (χ1n) is 5.38. The van der Waals surface area contributed by atoms with Crippen molar-refractivity contribution < 1.29 is 0 Å². The van der Waals surface area contributed by atoms with E-state index in [9.17, 15) is 0 Å². The number of hydrogen-bond donors (Lipinski definition) is 0. The lowest BCUT2D eigenvalue weighted by Crippen LogP contribution is -2.26. The van der Waals surface area contributed by atoms with Crippen LogP contribution in [0.5, 0.6) is 0 Å². The Morgan fingerprint density at radius 2 is 1.80 bits per heavy atom. The minimum Gasteiger partial charge on any atom is -0.0990 e. The summed E-state index contributed by atoms with van der Waals surface area (Å²) in [5, 5.41) is 2.52. The molecule has 80 valence electrons. The maximum Gasteiger partial charge on any atom is -0.0132 e. The van der Waals surface area contributed by atoms with E-state index < -0.39 is 0 Å². The molecule has 0 fully saturated rings. The van der Waals surface area contributed by atoms with Crippen molar-refractivity contribution in [1.29, 1.82) is 0 Å². The summed E-state index contributed by atoms with van der Waals surface area (Å²) in [5.41, 5.74) is 1.58. The van der Waals surface area contributed by atoms with E-state index in [0.29, 0.717) is 0 Å². The molecule has 0 amide bonds. The molecule has 0 bridgehead atoms. The molecule has 0 heteroatoms. The molecule has 0 spiro atoms. The van der Waals surface area contributed by atoms with E-state index in [1.54, 1.807) is 0 Å². The van der Waals surface area contributed by atoms with Crippen LogP contribution in [-0.2, 0) is 5.41 Å². The van der Waals surface area contributed by atoms with Crippen LogP contribution in [0.2, 0.25) is 0 Å². The van der Waals surface area contributed by atoms with Crippen molar-refractivity contribution in [3.05, 3.63) is 46.9 Å². The zero-order valence-corrected chi connectivity index (χ0v) is 10.2. The maximum absolute atomic E-state index is 3.73. The van der Waals surface area contributed by atoms with Gasteiger partial charge in [0.05, 0.1) is 0 Å². The van der Waals surface area contributed by atoms with Crippen LogP contribution >= 0.6 is 0 Å². The first-order valence-corrected chi connectivity index (χ1v) is 5.38. The Balaban J connectivity index is 3.47. The molecule has 0 aromatic heterocycles. The molecule has 1 rings (SSSR count). The summed E-state index contributed by atoms with van der Waals surface area (Å²) in [5.74, 6) is 0. The third kappa shape index (κ3) is 2.82. The SMILES string of the molecule is C=C/C=c1/ccc(C(C)(C)C)c/c1=C/C. The third-order valence-electron chi connectivity index (χ3n) is 2.56. The van der Waals surface area contributed by atoms with Crippen molar-refractivity contribution >= 4 is 12.2 Å². The lowest BCUT2D eigenvalue weighted by Gasteiger charge is -2.18. The fourth-order valence-corrected chi connectivity index (χ4v) is 1.57. The van der Waals surface area contributed by atoms with Crippen molar-refractivity contribution in [2.24, 2.45) is 0 Å². The first kappa shape index (κ1) is 11.8. The predicted octanol–water partition coefficient (Wildman–Crippen LogP) is 2.75. The Morgan fingerprint density at radius 1 is 1.13 bits per heavy atom. The van der Waals surface area contributed by atoms with Gasteiger partial charge in [-0.25, -0.2) is 0 Å². The summed E-state index contributed by atoms with van der Waals surface area (Å²) in [6.45, 7) is 12.5. The lowest BCUT2D eigenvalue weighted by atomic mass is 9.86. The molecule has 0 saturated carbocycles. The van der Waals surface area contributed by atoms with E-state index >= 15 is 0 Å². The third-order valence-corrected chi connectivity index (χ3v) is 2.56. The van der Waals surface area contributed by atoms with Gasteiger partial charge in [0.15, 0.2) is 0 Å². The quantitative estimate of drug-likeness (QED) is 0.654. The van der Waals surface area contributed by atoms with E-state index in [1.807, 2.05) is 12.2 Å². The number of allylic oxidation sites excluding steroid dienone is 1. The van der Waals surface area contributed by atoms with Crippen LogP contribution in [0.4, 0.5) is 0 Å². The van der Waals surface area contributed by atoms with Gasteiger partial charge >= 0.3 is 0 Å². The van der Waals surface area contributed by atoms with E-state index in [2.05, 4.69) is 58.5 Å². The molecule has 1 aromatic carbocycles. The molecule has 15 heavy (non-hydrogen) atoms. The molecule has 0 nitrogen and oxygen atoms in total. The Labute approximate surface area is 92.6 Å². The van der Waals surface area contributed by atoms with Gasteiger partial charge in [-0.2, -0.15) is 0 Å². The Kier molecular flexibility index (Phi) is 3.52. The smallest absolute Gasteiger partial charge is 0.0132 e. The molecule has 0 aliphatic rings. The van der Waals surface area contributed by atoms with Crippen molar-refractivity contribution in [1.82, 2.24) is 0 Å². The second-order valence-electron chi connectivity index (χ2n) is 4.78. The van der Waals surface area contributed by atoms with Crippen LogP contribution in [0.15, 0.2) is 30.9 Å². The summed E-state index contributed by atoms with van der Waals surface area (Å²) in [4.78, 5) is 0. The molecule has 0 unspecified atom stereocenters. The molecule has 0 aliphatic heterocycles. The molecule has 0 saturated heterocycles. The summed E-state index contributed by atoms with van der Waals surface area (Å²) in [6.07, 6.45) is 6.02. The monoisotopic (exact) mass is 200 g/mol. The van der Waals surface area contributed by atoms with Gasteiger partial charge in [0, 0.05) is 0 Å². The Hall–Kier alpha value is -1.30. The van der Waals surface area contributed by atoms with Gasteiger partial charge in [-0.05, 0) is 28.3 Å². The van der Waals surface area contributed by atoms with Crippen LogP contribution < -0.4 is 10.4 Å². The lowest BCUT2D eigenvalue weighted by molar-refractivity contribution is 0.589. The minimum absolute atomic E-state index is 0.213. The van der Waals surface area contributed by atoms with Crippen molar-refractivity contribution in [3.63, 3.8) is 0 Å². The zero-order valence-electron chi connectivity index (χ0n) is 10.2. The largest absolute Gasteiger partial charge is 0.0990 e. The highest BCUT2D eigenvalue weighted by molar-refractivity contribution is 5.40. The van der Waals surface area contributed by atoms with Gasteiger partial charge in [0.1, 0.15) is 0 Å². The van der Waals surface area contributed by atoms with Gasteiger partial charge in [-0.1, -0.05) is 63.8 Å². The predicted molar refractivity (Wildman–Crippen MR) is 69.2 cm³/mol. The van der Waals surface area contributed by atoms with E-state index in [-0.39, 0.29) is 5.41 Å². The number of hydrogen-bond acceptors (Lipinski definition) is 0. The molecular weight excluding hydrogens is 180 g/mol. The van der Waals surface area contributed by atoms with Crippen LogP contribution in [0.3, 0.4) is 0 Å². The second-order valence-corrected chi connectivity index (χ2v) is 4.78. The van der Waals surface area contributed by atoms with E-state index in [4.69, 9.17) is 0 Å². The van der Waals surface area contributed by atoms with E-state index in [1.165, 1.54) is 16.0 Å². The molecule has 0 radical (unpaired) electrons. The highest BCUT2D eigenvalue weighted by Gasteiger charge is 2.12. The first-order chi connectivity index (χ1) is 6.99. The number of rotatable bonds is 1. The molecule has 0 atom stereocenters. The summed E-state index contributed by atoms with van der Waals surface area (Å²) >= 11 is 0. The van der Waals surface area contributed by atoms with Gasteiger partial charge in [-0.3, -0.25) is 0 Å².